The van der Waals surface area contributed by atoms with Crippen molar-refractivity contribution in [2.45, 2.75) is 32.4 Å². The summed E-state index contributed by atoms with van der Waals surface area (Å²) in [6.07, 6.45) is 3.44. The molecule has 1 N–H and O–H groups in total. The number of hydrogen-bond donors (Lipinski definition) is 1. The van der Waals surface area contributed by atoms with Gasteiger partial charge in [-0.05, 0) is 39.3 Å². The van der Waals surface area contributed by atoms with Crippen LogP contribution in [0.5, 0.6) is 0 Å². The maximum absolute atomic E-state index is 5.08. The zero-order valence-corrected chi connectivity index (χ0v) is 12.3. The molecule has 2 unspecified atom stereocenters. The van der Waals surface area contributed by atoms with E-state index in [1.54, 1.807) is 7.11 Å². The topological polar surface area (TPSA) is 24.5 Å². The van der Waals surface area contributed by atoms with Crippen molar-refractivity contribution in [1.82, 2.24) is 10.2 Å². The number of thioether (sulfide) groups is 1. The first-order chi connectivity index (χ1) is 7.61. The van der Waals surface area contributed by atoms with Gasteiger partial charge in [-0.3, -0.25) is 0 Å². The van der Waals surface area contributed by atoms with Gasteiger partial charge in [-0.25, -0.2) is 0 Å². The first-order valence-corrected chi connectivity index (χ1v) is 7.42. The Hall–Kier alpha value is 0.230. The number of ether oxygens (including phenoxy) is 1. The highest BCUT2D eigenvalue weighted by Gasteiger charge is 2.08. The number of nitrogens with one attached hydrogen (secondary N) is 1. The van der Waals surface area contributed by atoms with Gasteiger partial charge >= 0.3 is 0 Å². The number of nitrogens with zero attached hydrogens (tertiary/aromatic N) is 1. The molecule has 0 bridgehead atoms. The van der Waals surface area contributed by atoms with Gasteiger partial charge in [0.2, 0.25) is 0 Å². The lowest BCUT2D eigenvalue weighted by Gasteiger charge is -2.25. The van der Waals surface area contributed by atoms with Crippen molar-refractivity contribution in [3.63, 3.8) is 0 Å². The van der Waals surface area contributed by atoms with Crippen molar-refractivity contribution < 1.29 is 4.74 Å². The smallest absolute Gasteiger partial charge is 0.0613 e. The molecule has 0 aromatic rings. The molecule has 0 aliphatic heterocycles. The molecule has 0 aromatic heterocycles. The van der Waals surface area contributed by atoms with E-state index >= 15 is 0 Å². The van der Waals surface area contributed by atoms with Gasteiger partial charge in [0.05, 0.1) is 6.61 Å². The number of rotatable bonds is 10. The summed E-state index contributed by atoms with van der Waals surface area (Å²) in [5.74, 6) is 1.25. The summed E-state index contributed by atoms with van der Waals surface area (Å²) in [6.45, 7) is 7.37. The number of hydrogen-bond acceptors (Lipinski definition) is 4. The molecule has 3 nitrogen and oxygen atoms in total. The molecule has 0 fully saturated rings. The van der Waals surface area contributed by atoms with Crippen LogP contribution in [0, 0.1) is 0 Å². The first-order valence-electron chi connectivity index (χ1n) is 6.03. The largest absolute Gasteiger partial charge is 0.383 e. The van der Waals surface area contributed by atoms with E-state index in [1.807, 2.05) is 11.8 Å². The average molecular weight is 248 g/mol. The molecule has 0 amide bonds. The van der Waals surface area contributed by atoms with Crippen LogP contribution in [-0.2, 0) is 4.74 Å². The third-order valence-electron chi connectivity index (χ3n) is 2.87. The Morgan fingerprint density at radius 1 is 1.38 bits per heavy atom. The van der Waals surface area contributed by atoms with E-state index in [0.717, 1.165) is 19.7 Å². The second-order valence-corrected chi connectivity index (χ2v) is 5.41. The van der Waals surface area contributed by atoms with E-state index in [2.05, 4.69) is 37.4 Å². The molecule has 2 atom stereocenters. The highest BCUT2D eigenvalue weighted by atomic mass is 32.2. The maximum Gasteiger partial charge on any atom is 0.0613 e. The third kappa shape index (κ3) is 8.39. The Labute approximate surface area is 105 Å². The fourth-order valence-electron chi connectivity index (χ4n) is 1.53. The zero-order valence-electron chi connectivity index (χ0n) is 11.5. The normalized spacial score (nSPS) is 15.4. The Kier molecular flexibility index (Phi) is 10.5. The summed E-state index contributed by atoms with van der Waals surface area (Å²) >= 11 is 1.92. The minimum atomic E-state index is 0.444. The molecule has 0 saturated carbocycles. The van der Waals surface area contributed by atoms with Gasteiger partial charge in [0.15, 0.2) is 0 Å². The van der Waals surface area contributed by atoms with E-state index in [1.165, 1.54) is 12.2 Å². The molecule has 0 aliphatic rings. The van der Waals surface area contributed by atoms with Gasteiger partial charge in [0, 0.05) is 32.3 Å². The van der Waals surface area contributed by atoms with E-state index in [-0.39, 0.29) is 0 Å². The van der Waals surface area contributed by atoms with Crippen molar-refractivity contribution in [2.24, 2.45) is 0 Å². The fourth-order valence-corrected chi connectivity index (χ4v) is 2.10. The lowest BCUT2D eigenvalue weighted by Crippen LogP contribution is -2.39. The maximum atomic E-state index is 5.08. The van der Waals surface area contributed by atoms with Crippen LogP contribution in [-0.4, -0.2) is 62.8 Å². The molecule has 4 heteroatoms. The van der Waals surface area contributed by atoms with Crippen molar-refractivity contribution in [3.8, 4) is 0 Å². The van der Waals surface area contributed by atoms with Crippen LogP contribution < -0.4 is 5.32 Å². The molecule has 0 spiro atoms. The minimum Gasteiger partial charge on any atom is -0.383 e. The summed E-state index contributed by atoms with van der Waals surface area (Å²) in [5, 5.41) is 3.45. The molecular formula is C12H28N2OS. The summed E-state index contributed by atoms with van der Waals surface area (Å²) < 4.78 is 5.08. The van der Waals surface area contributed by atoms with Gasteiger partial charge in [-0.1, -0.05) is 0 Å². The summed E-state index contributed by atoms with van der Waals surface area (Å²) in [7, 11) is 3.95. The zero-order chi connectivity index (χ0) is 12.4. The Bertz CT molecular complexity index is 158. The van der Waals surface area contributed by atoms with Crippen LogP contribution in [0.1, 0.15) is 20.3 Å². The van der Waals surface area contributed by atoms with Gasteiger partial charge in [-0.15, -0.1) is 0 Å². The number of methoxy groups -OCH3 is 1. The Morgan fingerprint density at radius 2 is 2.06 bits per heavy atom. The molecular weight excluding hydrogens is 220 g/mol. The molecule has 0 rings (SSSR count). The minimum absolute atomic E-state index is 0.444. The molecule has 16 heavy (non-hydrogen) atoms. The molecule has 0 heterocycles. The molecule has 0 saturated heterocycles. The fraction of sp³-hybridized carbons (Fsp3) is 1.00. The molecule has 0 aliphatic carbocycles. The van der Waals surface area contributed by atoms with Crippen LogP contribution in [0.3, 0.4) is 0 Å². The van der Waals surface area contributed by atoms with Crippen molar-refractivity contribution in [2.75, 3.05) is 45.9 Å². The monoisotopic (exact) mass is 248 g/mol. The van der Waals surface area contributed by atoms with Gasteiger partial charge in [0.1, 0.15) is 0 Å². The second-order valence-electron chi connectivity index (χ2n) is 4.42. The molecule has 0 radical (unpaired) electrons. The predicted molar refractivity (Wildman–Crippen MR) is 74.4 cm³/mol. The van der Waals surface area contributed by atoms with Crippen LogP contribution in [0.2, 0.25) is 0 Å². The highest BCUT2D eigenvalue weighted by molar-refractivity contribution is 7.98. The standard InChI is InChI=1S/C12H28N2OS/c1-11(10-15-4)13-7-8-14(3)12(2)6-9-16-5/h11-13H,6-10H2,1-5H3. The lowest BCUT2D eigenvalue weighted by atomic mass is 10.2. The van der Waals surface area contributed by atoms with Crippen molar-refractivity contribution >= 4 is 11.8 Å². The van der Waals surface area contributed by atoms with Gasteiger partial charge in [0.25, 0.3) is 0 Å². The van der Waals surface area contributed by atoms with E-state index in [0.29, 0.717) is 12.1 Å². The average Bonchev–Trinajstić information content (AvgIpc) is 2.26. The SMILES string of the molecule is COCC(C)NCCN(C)C(C)CCSC. The summed E-state index contributed by atoms with van der Waals surface area (Å²) in [6, 6.07) is 1.12. The quantitative estimate of drug-likeness (QED) is 0.636. The van der Waals surface area contributed by atoms with E-state index < -0.39 is 0 Å². The molecule has 98 valence electrons. The van der Waals surface area contributed by atoms with Crippen LogP contribution >= 0.6 is 11.8 Å². The van der Waals surface area contributed by atoms with Crippen LogP contribution in [0.15, 0.2) is 0 Å². The lowest BCUT2D eigenvalue weighted by molar-refractivity contribution is 0.168. The number of likely N-dealkylation sites (N-methyl/N-ethyl adjacent to an activating group) is 1. The Morgan fingerprint density at radius 3 is 2.62 bits per heavy atom. The van der Waals surface area contributed by atoms with E-state index in [9.17, 15) is 0 Å². The van der Waals surface area contributed by atoms with Gasteiger partial charge in [-0.2, -0.15) is 11.8 Å². The highest BCUT2D eigenvalue weighted by Crippen LogP contribution is 2.05. The third-order valence-corrected chi connectivity index (χ3v) is 3.51. The van der Waals surface area contributed by atoms with Crippen molar-refractivity contribution in [3.05, 3.63) is 0 Å². The molecule has 0 aromatic carbocycles. The second kappa shape index (κ2) is 10.4. The van der Waals surface area contributed by atoms with E-state index in [4.69, 9.17) is 4.74 Å². The van der Waals surface area contributed by atoms with Gasteiger partial charge < -0.3 is 15.0 Å². The van der Waals surface area contributed by atoms with Crippen molar-refractivity contribution in [1.29, 1.82) is 0 Å². The van der Waals surface area contributed by atoms with Crippen LogP contribution in [0.25, 0.3) is 0 Å². The Balaban J connectivity index is 3.51. The summed E-state index contributed by atoms with van der Waals surface area (Å²) in [5.41, 5.74) is 0. The summed E-state index contributed by atoms with van der Waals surface area (Å²) in [4.78, 5) is 2.42. The van der Waals surface area contributed by atoms with Crippen LogP contribution in [0.4, 0.5) is 0 Å². The predicted octanol–water partition coefficient (Wildman–Crippen LogP) is 1.68. The first kappa shape index (κ1) is 16.2.